The smallest absolute Gasteiger partial charge is 0.165 e. The van der Waals surface area contributed by atoms with Crippen LogP contribution in [0.4, 0.5) is 8.78 Å². The van der Waals surface area contributed by atoms with E-state index in [2.05, 4.69) is 13.8 Å². The van der Waals surface area contributed by atoms with Gasteiger partial charge in [0.25, 0.3) is 0 Å². The Hall–Kier alpha value is -1.74. The van der Waals surface area contributed by atoms with Crippen LogP contribution < -0.4 is 0 Å². The third-order valence-electron chi connectivity index (χ3n) is 3.54. The molecule has 0 aliphatic carbocycles. The number of hydrogen-bond acceptors (Lipinski definition) is 1. The van der Waals surface area contributed by atoms with Crippen molar-refractivity contribution in [2.75, 3.05) is 0 Å². The van der Waals surface area contributed by atoms with Crippen molar-refractivity contribution in [1.29, 1.82) is 0 Å². The second kappa shape index (κ2) is 6.35. The Morgan fingerprint density at radius 1 is 0.952 bits per heavy atom. The molecule has 2 rings (SSSR count). The van der Waals surface area contributed by atoms with Crippen molar-refractivity contribution in [1.82, 2.24) is 0 Å². The molecule has 2 aromatic rings. The molecule has 0 amide bonds. The Kier molecular flexibility index (Phi) is 4.73. The first-order chi connectivity index (χ1) is 9.90. The minimum absolute atomic E-state index is 0.0327. The molecule has 112 valence electrons. The van der Waals surface area contributed by atoms with Crippen LogP contribution in [0.25, 0.3) is 0 Å². The molecule has 0 bridgehead atoms. The van der Waals surface area contributed by atoms with Gasteiger partial charge in [0.15, 0.2) is 11.6 Å². The zero-order valence-electron chi connectivity index (χ0n) is 12.5. The highest BCUT2D eigenvalue weighted by molar-refractivity contribution is 5.35. The average Bonchev–Trinajstić information content (AvgIpc) is 2.44. The van der Waals surface area contributed by atoms with Gasteiger partial charge in [0, 0.05) is 5.56 Å². The Bertz CT molecular complexity index is 618. The highest BCUT2D eigenvalue weighted by atomic mass is 19.2. The molecular formula is C18H20F2O. The summed E-state index contributed by atoms with van der Waals surface area (Å²) in [4.78, 5) is 0. The molecule has 0 spiro atoms. The van der Waals surface area contributed by atoms with Gasteiger partial charge in [-0.15, -0.1) is 0 Å². The lowest BCUT2D eigenvalue weighted by Gasteiger charge is -2.14. The molecule has 0 radical (unpaired) electrons. The standard InChI is InChI=1S/C18H20F2O/c1-11(2)10-13-5-7-14(8-6-13)18(21)15-9-4-12(3)16(19)17(15)20/h4-9,11,18,21H,10H2,1-3H3. The summed E-state index contributed by atoms with van der Waals surface area (Å²) in [5, 5.41) is 10.3. The van der Waals surface area contributed by atoms with Gasteiger partial charge in [-0.3, -0.25) is 0 Å². The fourth-order valence-corrected chi connectivity index (χ4v) is 2.36. The summed E-state index contributed by atoms with van der Waals surface area (Å²) in [6.07, 6.45) is -0.211. The second-order valence-electron chi connectivity index (χ2n) is 5.84. The van der Waals surface area contributed by atoms with Gasteiger partial charge in [0.05, 0.1) is 0 Å². The van der Waals surface area contributed by atoms with Crippen molar-refractivity contribution < 1.29 is 13.9 Å². The molecule has 0 heterocycles. The lowest BCUT2D eigenvalue weighted by Crippen LogP contribution is -2.05. The van der Waals surface area contributed by atoms with Crippen molar-refractivity contribution in [2.45, 2.75) is 33.3 Å². The Morgan fingerprint density at radius 3 is 2.14 bits per heavy atom. The maximum atomic E-state index is 13.9. The Balaban J connectivity index is 2.28. The summed E-state index contributed by atoms with van der Waals surface area (Å²) in [6, 6.07) is 10.3. The first-order valence-electron chi connectivity index (χ1n) is 7.11. The summed E-state index contributed by atoms with van der Waals surface area (Å²) in [7, 11) is 0. The van der Waals surface area contributed by atoms with E-state index in [1.807, 2.05) is 12.1 Å². The summed E-state index contributed by atoms with van der Waals surface area (Å²) in [5.41, 5.74) is 1.92. The van der Waals surface area contributed by atoms with Gasteiger partial charge in [-0.2, -0.15) is 0 Å². The molecule has 21 heavy (non-hydrogen) atoms. The SMILES string of the molecule is Cc1ccc(C(O)c2ccc(CC(C)C)cc2)c(F)c1F. The molecular weight excluding hydrogens is 270 g/mol. The maximum absolute atomic E-state index is 13.9. The molecule has 1 atom stereocenters. The summed E-state index contributed by atoms with van der Waals surface area (Å²) in [5.74, 6) is -1.33. The zero-order valence-corrected chi connectivity index (χ0v) is 12.5. The zero-order chi connectivity index (χ0) is 15.6. The number of rotatable bonds is 4. The highest BCUT2D eigenvalue weighted by Crippen LogP contribution is 2.27. The topological polar surface area (TPSA) is 20.2 Å². The molecule has 1 N–H and O–H groups in total. The summed E-state index contributed by atoms with van der Waals surface area (Å²) >= 11 is 0. The number of aliphatic hydroxyl groups is 1. The molecule has 0 saturated carbocycles. The van der Waals surface area contributed by atoms with Crippen LogP contribution >= 0.6 is 0 Å². The number of benzene rings is 2. The fraction of sp³-hybridized carbons (Fsp3) is 0.333. The number of hydrogen-bond donors (Lipinski definition) is 1. The normalized spacial score (nSPS) is 12.7. The van der Waals surface area contributed by atoms with Crippen LogP contribution in [-0.4, -0.2) is 5.11 Å². The predicted molar refractivity (Wildman–Crippen MR) is 80.1 cm³/mol. The minimum Gasteiger partial charge on any atom is -0.384 e. The number of aryl methyl sites for hydroxylation is 1. The summed E-state index contributed by atoms with van der Waals surface area (Å²) < 4.78 is 27.5. The van der Waals surface area contributed by atoms with Gasteiger partial charge in [-0.05, 0) is 36.0 Å². The van der Waals surface area contributed by atoms with E-state index in [4.69, 9.17) is 0 Å². The van der Waals surface area contributed by atoms with E-state index in [0.717, 1.165) is 12.0 Å². The average molecular weight is 290 g/mol. The first kappa shape index (κ1) is 15.6. The van der Waals surface area contributed by atoms with Gasteiger partial charge in [-0.25, -0.2) is 8.78 Å². The van der Waals surface area contributed by atoms with Gasteiger partial charge in [0.1, 0.15) is 6.10 Å². The van der Waals surface area contributed by atoms with Gasteiger partial charge in [0.2, 0.25) is 0 Å². The van der Waals surface area contributed by atoms with E-state index in [-0.39, 0.29) is 11.1 Å². The fourth-order valence-electron chi connectivity index (χ4n) is 2.36. The summed E-state index contributed by atoms with van der Waals surface area (Å²) in [6.45, 7) is 5.76. The molecule has 2 aromatic carbocycles. The van der Waals surface area contributed by atoms with Crippen LogP contribution in [-0.2, 0) is 6.42 Å². The molecule has 0 aliphatic heterocycles. The van der Waals surface area contributed by atoms with E-state index in [1.54, 1.807) is 12.1 Å². The van der Waals surface area contributed by atoms with Crippen LogP contribution in [0.15, 0.2) is 36.4 Å². The third kappa shape index (κ3) is 3.48. The third-order valence-corrected chi connectivity index (χ3v) is 3.54. The number of aliphatic hydroxyl groups excluding tert-OH is 1. The molecule has 1 unspecified atom stereocenters. The lowest BCUT2D eigenvalue weighted by atomic mass is 9.96. The van der Waals surface area contributed by atoms with Crippen LogP contribution in [0.2, 0.25) is 0 Å². The Labute approximate surface area is 124 Å². The van der Waals surface area contributed by atoms with Gasteiger partial charge in [-0.1, -0.05) is 50.2 Å². The van der Waals surface area contributed by atoms with Crippen LogP contribution in [0, 0.1) is 24.5 Å². The van der Waals surface area contributed by atoms with E-state index < -0.39 is 17.7 Å². The van der Waals surface area contributed by atoms with Crippen LogP contribution in [0.5, 0.6) is 0 Å². The van der Waals surface area contributed by atoms with E-state index in [1.165, 1.54) is 19.1 Å². The lowest BCUT2D eigenvalue weighted by molar-refractivity contribution is 0.213. The van der Waals surface area contributed by atoms with E-state index in [9.17, 15) is 13.9 Å². The minimum atomic E-state index is -1.16. The van der Waals surface area contributed by atoms with Crippen LogP contribution in [0.3, 0.4) is 0 Å². The van der Waals surface area contributed by atoms with Crippen LogP contribution in [0.1, 0.15) is 42.2 Å². The molecule has 3 heteroatoms. The second-order valence-corrected chi connectivity index (χ2v) is 5.84. The van der Waals surface area contributed by atoms with E-state index in [0.29, 0.717) is 11.5 Å². The monoisotopic (exact) mass is 290 g/mol. The van der Waals surface area contributed by atoms with Gasteiger partial charge < -0.3 is 5.11 Å². The van der Waals surface area contributed by atoms with Crippen molar-refractivity contribution >= 4 is 0 Å². The van der Waals surface area contributed by atoms with Crippen molar-refractivity contribution in [3.05, 3.63) is 70.3 Å². The predicted octanol–water partition coefficient (Wildman–Crippen LogP) is 4.55. The van der Waals surface area contributed by atoms with Gasteiger partial charge >= 0.3 is 0 Å². The molecule has 0 fully saturated rings. The quantitative estimate of drug-likeness (QED) is 0.875. The number of halogens is 2. The highest BCUT2D eigenvalue weighted by Gasteiger charge is 2.19. The van der Waals surface area contributed by atoms with E-state index >= 15 is 0 Å². The first-order valence-corrected chi connectivity index (χ1v) is 7.11. The van der Waals surface area contributed by atoms with Crippen molar-refractivity contribution in [3.63, 3.8) is 0 Å². The molecule has 0 aliphatic rings. The maximum Gasteiger partial charge on any atom is 0.165 e. The van der Waals surface area contributed by atoms with Crippen molar-refractivity contribution in [3.8, 4) is 0 Å². The largest absolute Gasteiger partial charge is 0.384 e. The Morgan fingerprint density at radius 2 is 1.57 bits per heavy atom. The molecule has 1 nitrogen and oxygen atoms in total. The molecule has 0 aromatic heterocycles. The molecule has 0 saturated heterocycles. The van der Waals surface area contributed by atoms with Crippen molar-refractivity contribution in [2.24, 2.45) is 5.92 Å².